The van der Waals surface area contributed by atoms with E-state index in [1.807, 2.05) is 11.3 Å². The molecule has 4 heterocycles. The summed E-state index contributed by atoms with van der Waals surface area (Å²) in [6, 6.07) is 79.8. The topological polar surface area (TPSA) is 35.6 Å². The van der Waals surface area contributed by atoms with Crippen molar-refractivity contribution >= 4 is 118 Å². The lowest BCUT2D eigenvalue weighted by molar-refractivity contribution is 1.18. The average Bonchev–Trinajstić information content (AvgIpc) is 4.04. The van der Waals surface area contributed by atoms with Crippen molar-refractivity contribution in [2.75, 3.05) is 0 Å². The van der Waals surface area contributed by atoms with E-state index in [1.165, 1.54) is 90.7 Å². The van der Waals surface area contributed by atoms with Gasteiger partial charge in [-0.1, -0.05) is 146 Å². The predicted octanol–water partition coefficient (Wildman–Crippen LogP) is 17.0. The zero-order valence-corrected chi connectivity index (χ0v) is 36.8. The van der Waals surface area contributed by atoms with Gasteiger partial charge >= 0.3 is 0 Å². The second-order valence-electron chi connectivity index (χ2n) is 17.8. The molecule has 310 valence electrons. The molecule has 4 nitrogen and oxygen atoms in total. The van der Waals surface area contributed by atoms with Crippen LogP contribution in [0.5, 0.6) is 0 Å². The molecule has 4 aromatic heterocycles. The molecule has 5 heteroatoms. The Morgan fingerprint density at radius 3 is 1.79 bits per heavy atom. The largest absolute Gasteiger partial charge is 0.309 e. The Balaban J connectivity index is 0.878. The monoisotopic (exact) mass is 868 g/mol. The Labute approximate surface area is 387 Å². The standard InChI is InChI=1S/C62H36N4S/c1-2-12-46-38(11-1)25-30-51-47-13-4-9-19-56(47)66(61(46)51)45-28-24-39-35-57-53(34-43(39)33-45)48-14-5-8-18-55(48)65(57)44-27-23-37-21-22-40(31-42(37)32-44)60-52-16-3-7-17-54(52)63-62(64-60)41-26-29-50-49-15-6-10-20-58(49)67-59(50)36-41/h1-36H. The minimum atomic E-state index is 0.732. The van der Waals surface area contributed by atoms with E-state index in [9.17, 15) is 0 Å². The summed E-state index contributed by atoms with van der Waals surface area (Å²) >= 11 is 1.82. The van der Waals surface area contributed by atoms with Crippen LogP contribution in [-0.2, 0) is 0 Å². The predicted molar refractivity (Wildman–Crippen MR) is 284 cm³/mol. The maximum absolute atomic E-state index is 5.34. The van der Waals surface area contributed by atoms with Gasteiger partial charge in [0.25, 0.3) is 0 Å². The van der Waals surface area contributed by atoms with Gasteiger partial charge < -0.3 is 9.13 Å². The number of thiophene rings is 1. The van der Waals surface area contributed by atoms with E-state index in [1.54, 1.807) is 0 Å². The van der Waals surface area contributed by atoms with E-state index in [-0.39, 0.29) is 0 Å². The molecule has 0 aliphatic heterocycles. The number of fused-ring (bicyclic) bond motifs is 14. The second kappa shape index (κ2) is 13.9. The van der Waals surface area contributed by atoms with Gasteiger partial charge in [0.1, 0.15) is 0 Å². The van der Waals surface area contributed by atoms with Gasteiger partial charge in [-0.25, -0.2) is 9.97 Å². The van der Waals surface area contributed by atoms with Crippen LogP contribution < -0.4 is 0 Å². The summed E-state index contributed by atoms with van der Waals surface area (Å²) in [5.74, 6) is 0.732. The maximum atomic E-state index is 5.34. The average molecular weight is 869 g/mol. The van der Waals surface area contributed by atoms with Crippen molar-refractivity contribution in [3.05, 3.63) is 218 Å². The molecular formula is C62H36N4S. The molecule has 0 N–H and O–H groups in total. The van der Waals surface area contributed by atoms with Crippen LogP contribution in [0.4, 0.5) is 0 Å². The normalized spacial score (nSPS) is 12.2. The first-order valence-electron chi connectivity index (χ1n) is 22.8. The number of hydrogen-bond donors (Lipinski definition) is 0. The molecule has 15 aromatic rings. The Bertz CT molecular complexity index is 4590. The molecule has 11 aromatic carbocycles. The first-order valence-corrected chi connectivity index (χ1v) is 23.6. The van der Waals surface area contributed by atoms with Crippen LogP contribution in [0, 0.1) is 0 Å². The van der Waals surface area contributed by atoms with E-state index >= 15 is 0 Å². The summed E-state index contributed by atoms with van der Waals surface area (Å²) in [5.41, 5.74) is 11.0. The molecule has 0 bridgehead atoms. The lowest BCUT2D eigenvalue weighted by atomic mass is 10.0. The smallest absolute Gasteiger partial charge is 0.160 e. The van der Waals surface area contributed by atoms with Gasteiger partial charge in [0.05, 0.1) is 33.3 Å². The van der Waals surface area contributed by atoms with Gasteiger partial charge in [-0.3, -0.25) is 0 Å². The van der Waals surface area contributed by atoms with E-state index < -0.39 is 0 Å². The van der Waals surface area contributed by atoms with Gasteiger partial charge in [0, 0.05) is 75.0 Å². The SMILES string of the molecule is c1ccc2c(c1)ccc1c3ccccc3n(-c3ccc4cc5c(cc4c3)c3ccccc3n5-c3ccc4ccc(-c5nc(-c6ccc7c(c6)sc6ccccc67)nc6ccccc56)cc4c3)c21. The summed E-state index contributed by atoms with van der Waals surface area (Å²) in [6.45, 7) is 0. The number of benzene rings is 11. The van der Waals surface area contributed by atoms with Gasteiger partial charge in [-0.05, 0) is 99.7 Å². The molecule has 0 fully saturated rings. The number of nitrogens with zero attached hydrogens (tertiary/aromatic N) is 4. The number of rotatable bonds is 4. The van der Waals surface area contributed by atoms with Crippen molar-refractivity contribution in [1.29, 1.82) is 0 Å². The van der Waals surface area contributed by atoms with Crippen molar-refractivity contribution in [2.45, 2.75) is 0 Å². The highest BCUT2D eigenvalue weighted by atomic mass is 32.1. The fourth-order valence-electron chi connectivity index (χ4n) is 10.9. The van der Waals surface area contributed by atoms with Crippen molar-refractivity contribution in [2.24, 2.45) is 0 Å². The minimum Gasteiger partial charge on any atom is -0.309 e. The molecule has 0 atom stereocenters. The lowest BCUT2D eigenvalue weighted by Crippen LogP contribution is -1.96. The van der Waals surface area contributed by atoms with E-state index in [0.717, 1.165) is 50.3 Å². The summed E-state index contributed by atoms with van der Waals surface area (Å²) in [6.07, 6.45) is 0. The summed E-state index contributed by atoms with van der Waals surface area (Å²) in [7, 11) is 0. The zero-order chi connectivity index (χ0) is 43.7. The molecule has 67 heavy (non-hydrogen) atoms. The Hall–Kier alpha value is -8.64. The zero-order valence-electron chi connectivity index (χ0n) is 36.0. The van der Waals surface area contributed by atoms with Crippen LogP contribution in [0.3, 0.4) is 0 Å². The van der Waals surface area contributed by atoms with Gasteiger partial charge in [0.15, 0.2) is 5.82 Å². The van der Waals surface area contributed by atoms with Gasteiger partial charge in [-0.15, -0.1) is 11.3 Å². The number of para-hydroxylation sites is 3. The van der Waals surface area contributed by atoms with Crippen LogP contribution in [0.25, 0.3) is 141 Å². The van der Waals surface area contributed by atoms with Crippen molar-refractivity contribution in [1.82, 2.24) is 19.1 Å². The highest BCUT2D eigenvalue weighted by Crippen LogP contribution is 2.41. The van der Waals surface area contributed by atoms with Crippen LogP contribution in [0.2, 0.25) is 0 Å². The summed E-state index contributed by atoms with van der Waals surface area (Å²) in [4.78, 5) is 10.5. The highest BCUT2D eigenvalue weighted by molar-refractivity contribution is 7.25. The molecule has 0 radical (unpaired) electrons. The number of aromatic nitrogens is 4. The van der Waals surface area contributed by atoms with E-state index in [2.05, 4.69) is 228 Å². The molecule has 0 aliphatic rings. The van der Waals surface area contributed by atoms with Crippen molar-refractivity contribution in [3.63, 3.8) is 0 Å². The lowest BCUT2D eigenvalue weighted by Gasteiger charge is -2.13. The van der Waals surface area contributed by atoms with E-state index in [4.69, 9.17) is 9.97 Å². The molecule has 0 amide bonds. The fourth-order valence-corrected chi connectivity index (χ4v) is 12.1. The van der Waals surface area contributed by atoms with Crippen molar-refractivity contribution < 1.29 is 0 Å². The quantitative estimate of drug-likeness (QED) is 0.177. The third kappa shape index (κ3) is 5.46. The van der Waals surface area contributed by atoms with Gasteiger partial charge in [0.2, 0.25) is 0 Å². The summed E-state index contributed by atoms with van der Waals surface area (Å²) < 4.78 is 7.43. The molecule has 15 rings (SSSR count). The molecule has 0 unspecified atom stereocenters. The third-order valence-electron chi connectivity index (χ3n) is 14.0. The first kappa shape index (κ1) is 36.7. The molecule has 0 spiro atoms. The number of hydrogen-bond acceptors (Lipinski definition) is 3. The third-order valence-corrected chi connectivity index (χ3v) is 15.2. The Kier molecular flexibility index (Phi) is 7.63. The molecule has 0 aliphatic carbocycles. The first-order chi connectivity index (χ1) is 33.2. The molecule has 0 saturated heterocycles. The minimum absolute atomic E-state index is 0.732. The highest BCUT2D eigenvalue weighted by Gasteiger charge is 2.19. The molecule has 0 saturated carbocycles. The van der Waals surface area contributed by atoms with Crippen LogP contribution in [0.1, 0.15) is 0 Å². The maximum Gasteiger partial charge on any atom is 0.160 e. The second-order valence-corrected chi connectivity index (χ2v) is 18.8. The Morgan fingerprint density at radius 1 is 0.313 bits per heavy atom. The Morgan fingerprint density at radius 2 is 0.925 bits per heavy atom. The van der Waals surface area contributed by atoms with Crippen LogP contribution in [0.15, 0.2) is 218 Å². The summed E-state index contributed by atoms with van der Waals surface area (Å²) in [5, 5.41) is 15.8. The van der Waals surface area contributed by atoms with Crippen LogP contribution >= 0.6 is 11.3 Å². The molecular weight excluding hydrogens is 833 g/mol. The fraction of sp³-hybridized carbons (Fsp3) is 0. The van der Waals surface area contributed by atoms with E-state index in [0.29, 0.717) is 0 Å². The van der Waals surface area contributed by atoms with Gasteiger partial charge in [-0.2, -0.15) is 0 Å². The van der Waals surface area contributed by atoms with Crippen LogP contribution in [-0.4, -0.2) is 19.1 Å². The van der Waals surface area contributed by atoms with Crippen molar-refractivity contribution in [3.8, 4) is 34.0 Å².